The van der Waals surface area contributed by atoms with Crippen molar-refractivity contribution >= 4 is 6.16 Å². The van der Waals surface area contributed by atoms with Crippen molar-refractivity contribution in [3.05, 3.63) is 0 Å². The van der Waals surface area contributed by atoms with Crippen molar-refractivity contribution in [1.82, 2.24) is 0 Å². The van der Waals surface area contributed by atoms with Crippen LogP contribution in [-0.4, -0.2) is 23.0 Å². The van der Waals surface area contributed by atoms with Gasteiger partial charge in [0.2, 0.25) is 0 Å². The summed E-state index contributed by atoms with van der Waals surface area (Å²) in [5, 5.41) is 22.9. The van der Waals surface area contributed by atoms with Gasteiger partial charge in [0.1, 0.15) is 0 Å². The van der Waals surface area contributed by atoms with E-state index in [4.69, 9.17) is 20.1 Å². The van der Waals surface area contributed by atoms with Gasteiger partial charge in [-0.3, -0.25) is 0 Å². The molecule has 0 aromatic heterocycles. The maximum absolute atomic E-state index is 8.93. The van der Waals surface area contributed by atoms with Crippen molar-refractivity contribution < 1.29 is 71.5 Å². The molecule has 0 aromatic carbocycles. The fourth-order valence-corrected chi connectivity index (χ4v) is 0. The van der Waals surface area contributed by atoms with Crippen molar-refractivity contribution in [2.45, 2.75) is 6.92 Å². The zero-order valence-electron chi connectivity index (χ0n) is 4.92. The minimum atomic E-state index is -1.83. The van der Waals surface area contributed by atoms with E-state index in [1.54, 1.807) is 6.92 Å². The van der Waals surface area contributed by atoms with Gasteiger partial charge in [-0.25, -0.2) is 4.79 Å². The van der Waals surface area contributed by atoms with Crippen molar-refractivity contribution in [3.8, 4) is 0 Å². The Hall–Kier alpha value is 0.866. The molecule has 0 bridgehead atoms. The number of hydrogen-bond donors (Lipinski definition) is 2. The van der Waals surface area contributed by atoms with Crippen molar-refractivity contribution in [2.75, 3.05) is 6.61 Å². The van der Waals surface area contributed by atoms with E-state index in [0.717, 1.165) is 0 Å². The van der Waals surface area contributed by atoms with Gasteiger partial charge >= 0.3 is 57.5 Å². The fourth-order valence-electron chi connectivity index (χ4n) is 0. The van der Waals surface area contributed by atoms with Crippen LogP contribution in [0.15, 0.2) is 0 Å². The molecule has 0 fully saturated rings. The normalized spacial score (nSPS) is 5.25. The van der Waals surface area contributed by atoms with Gasteiger partial charge in [0, 0.05) is 0 Å². The molecule has 0 radical (unpaired) electrons. The summed E-state index contributed by atoms with van der Waals surface area (Å²) in [5.41, 5.74) is 0. The second-order valence-corrected chi connectivity index (χ2v) is 0.571. The van der Waals surface area contributed by atoms with E-state index < -0.39 is 6.16 Å². The van der Waals surface area contributed by atoms with Gasteiger partial charge < -0.3 is 15.3 Å². The first-order valence-corrected chi connectivity index (χ1v) is 1.65. The minimum Gasteiger partial charge on any atom is -0.855 e. The summed E-state index contributed by atoms with van der Waals surface area (Å²) in [6.07, 6.45) is -1.83. The van der Waals surface area contributed by atoms with Crippen LogP contribution in [0.2, 0.25) is 0 Å². The average Bonchev–Trinajstić information content (AvgIpc) is 1.33. The molecule has 0 aliphatic carbocycles. The predicted octanol–water partition coefficient (Wildman–Crippen LogP) is -3.41. The first kappa shape index (κ1) is 15.9. The number of hydrogen-bond acceptors (Lipinski definition) is 2. The van der Waals surface area contributed by atoms with E-state index in [-0.39, 0.29) is 58.0 Å². The molecule has 8 heavy (non-hydrogen) atoms. The topological polar surface area (TPSA) is 80.6 Å². The second kappa shape index (κ2) is 15.7. The van der Waals surface area contributed by atoms with Gasteiger partial charge in [0.15, 0.2) is 0 Å². The second-order valence-electron chi connectivity index (χ2n) is 0.571. The van der Waals surface area contributed by atoms with E-state index in [1.807, 2.05) is 0 Å². The van der Waals surface area contributed by atoms with Crippen LogP contribution >= 0.6 is 0 Å². The Kier molecular flexibility index (Phi) is 31.2. The molecule has 0 amide bonds. The molecule has 0 saturated carbocycles. The van der Waals surface area contributed by atoms with Gasteiger partial charge in [0.05, 0.1) is 0 Å². The largest absolute Gasteiger partial charge is 1.00 e. The number of carbonyl (C=O) groups is 1. The first-order valence-electron chi connectivity index (χ1n) is 1.65. The van der Waals surface area contributed by atoms with Crippen LogP contribution in [-0.2, 0) is 0 Å². The Bertz CT molecular complexity index is 42.5. The smallest absolute Gasteiger partial charge is 0.855 e. The van der Waals surface area contributed by atoms with Crippen molar-refractivity contribution in [2.24, 2.45) is 0 Å². The molecule has 4 nitrogen and oxygen atoms in total. The molecule has 0 rings (SSSR count). The third-order valence-electron chi connectivity index (χ3n) is 0. The molecule has 2 N–H and O–H groups in total. The standard InChI is InChI=1S/C2H5O.CH2O3.K/c1-2-3;2-1(3)4;/h2H2,1H3;(H2,2,3,4);/q-1;;+1. The molecule has 0 aliphatic rings. The Labute approximate surface area is 89.9 Å². The van der Waals surface area contributed by atoms with Crippen LogP contribution < -0.4 is 56.5 Å². The van der Waals surface area contributed by atoms with Gasteiger partial charge in [-0.2, -0.15) is 0 Å². The molecule has 0 aliphatic heterocycles. The summed E-state index contributed by atoms with van der Waals surface area (Å²) in [6, 6.07) is 0. The summed E-state index contributed by atoms with van der Waals surface area (Å²) in [6.45, 7) is 1.57. The van der Waals surface area contributed by atoms with Crippen LogP contribution in [0.5, 0.6) is 0 Å². The Balaban J connectivity index is -0.0000000575. The third kappa shape index (κ3) is 315. The Morgan fingerprint density at radius 3 is 1.62 bits per heavy atom. The molecule has 0 atom stereocenters. The van der Waals surface area contributed by atoms with Crippen molar-refractivity contribution in [3.63, 3.8) is 0 Å². The summed E-state index contributed by atoms with van der Waals surface area (Å²) >= 11 is 0. The predicted molar refractivity (Wildman–Crippen MR) is 21.2 cm³/mol. The fraction of sp³-hybridized carbons (Fsp3) is 0.667. The van der Waals surface area contributed by atoms with E-state index in [2.05, 4.69) is 0 Å². The van der Waals surface area contributed by atoms with Crippen molar-refractivity contribution in [1.29, 1.82) is 0 Å². The van der Waals surface area contributed by atoms with Crippen LogP contribution in [0.25, 0.3) is 0 Å². The summed E-state index contributed by atoms with van der Waals surface area (Å²) in [4.78, 5) is 8.56. The number of rotatable bonds is 0. The molecular weight excluding hydrogens is 139 g/mol. The van der Waals surface area contributed by atoms with E-state index in [9.17, 15) is 0 Å². The SMILES string of the molecule is CC[O-].O=C(O)O.[K+]. The zero-order chi connectivity index (χ0) is 6.28. The molecule has 0 unspecified atom stereocenters. The molecule has 0 aromatic rings. The zero-order valence-corrected chi connectivity index (χ0v) is 8.04. The van der Waals surface area contributed by atoms with Gasteiger partial charge in [-0.15, -0.1) is 6.61 Å². The quantitative estimate of drug-likeness (QED) is 0.349. The summed E-state index contributed by atoms with van der Waals surface area (Å²) in [7, 11) is 0. The van der Waals surface area contributed by atoms with E-state index >= 15 is 0 Å². The van der Waals surface area contributed by atoms with Gasteiger partial charge in [-0.1, -0.05) is 6.92 Å². The summed E-state index contributed by atoms with van der Waals surface area (Å²) < 4.78 is 0. The van der Waals surface area contributed by atoms with Crippen LogP contribution in [0.3, 0.4) is 0 Å². The monoisotopic (exact) mass is 146 g/mol. The average molecular weight is 146 g/mol. The van der Waals surface area contributed by atoms with Crippen LogP contribution in [0.4, 0.5) is 4.79 Å². The Morgan fingerprint density at radius 2 is 1.62 bits per heavy atom. The van der Waals surface area contributed by atoms with Crippen LogP contribution in [0, 0.1) is 0 Å². The maximum Gasteiger partial charge on any atom is 1.00 e. The molecule has 0 heterocycles. The van der Waals surface area contributed by atoms with Gasteiger partial charge in [-0.05, 0) is 0 Å². The van der Waals surface area contributed by atoms with Gasteiger partial charge in [0.25, 0.3) is 0 Å². The molecule has 5 heteroatoms. The molecular formula is C3H7KO4. The van der Waals surface area contributed by atoms with E-state index in [1.165, 1.54) is 0 Å². The van der Waals surface area contributed by atoms with E-state index in [0.29, 0.717) is 0 Å². The molecule has 0 spiro atoms. The first-order chi connectivity index (χ1) is 3.15. The third-order valence-corrected chi connectivity index (χ3v) is 0. The van der Waals surface area contributed by atoms with Crippen LogP contribution in [0.1, 0.15) is 6.92 Å². The Morgan fingerprint density at radius 1 is 1.62 bits per heavy atom. The summed E-state index contributed by atoms with van der Waals surface area (Å²) in [5.74, 6) is 0. The number of carboxylic acid groups (broad SMARTS) is 2. The maximum atomic E-state index is 8.93. The minimum absolute atomic E-state index is 0. The molecule has 44 valence electrons. The molecule has 0 saturated heterocycles.